The monoisotopic (exact) mass is 350 g/mol. The molecule has 5 nitrogen and oxygen atoms in total. The van der Waals surface area contributed by atoms with E-state index in [4.69, 9.17) is 4.74 Å². The fourth-order valence-electron chi connectivity index (χ4n) is 2.59. The van der Waals surface area contributed by atoms with Crippen LogP contribution in [0.1, 0.15) is 19.4 Å². The van der Waals surface area contributed by atoms with Crippen molar-refractivity contribution >= 4 is 6.09 Å². The van der Waals surface area contributed by atoms with Gasteiger partial charge in [0.05, 0.1) is 5.56 Å². The molecule has 0 spiro atoms. The topological polar surface area (TPSA) is 50.8 Å². The third-order valence-corrected chi connectivity index (χ3v) is 3.72. The summed E-state index contributed by atoms with van der Waals surface area (Å²) in [6.07, 6.45) is -0.691. The zero-order valence-electron chi connectivity index (χ0n) is 13.2. The van der Waals surface area contributed by atoms with E-state index in [2.05, 4.69) is 10.1 Å². The number of piperazine rings is 1. The molecule has 0 aliphatic carbocycles. The van der Waals surface area contributed by atoms with E-state index in [1.807, 2.05) is 13.8 Å². The van der Waals surface area contributed by atoms with Crippen molar-refractivity contribution < 1.29 is 31.8 Å². The van der Waals surface area contributed by atoms with E-state index >= 15 is 0 Å². The number of nitrogens with zero attached hydrogens (tertiary/aromatic N) is 1. The molecular weight excluding hydrogens is 332 g/mol. The molecule has 9 heteroatoms. The van der Waals surface area contributed by atoms with E-state index in [1.54, 1.807) is 0 Å². The molecule has 1 aromatic carbocycles. The molecule has 1 aliphatic heterocycles. The van der Waals surface area contributed by atoms with E-state index in [-0.39, 0.29) is 12.1 Å². The summed E-state index contributed by atoms with van der Waals surface area (Å²) >= 11 is 0. The average molecular weight is 350 g/mol. The molecule has 0 saturated carbocycles. The van der Waals surface area contributed by atoms with Gasteiger partial charge in [-0.15, -0.1) is 0 Å². The second kappa shape index (κ2) is 7.69. The molecule has 1 N–H and O–H groups in total. The van der Waals surface area contributed by atoms with Crippen LogP contribution in [-0.4, -0.2) is 42.8 Å². The maximum absolute atomic E-state index is 13.8. The van der Waals surface area contributed by atoms with Crippen LogP contribution in [0.25, 0.3) is 0 Å². The van der Waals surface area contributed by atoms with Gasteiger partial charge in [0.2, 0.25) is 0 Å². The smallest absolute Gasteiger partial charge is 0.410 e. The maximum Gasteiger partial charge on any atom is 0.410 e. The lowest BCUT2D eigenvalue weighted by atomic mass is 10.1. The highest BCUT2D eigenvalue weighted by atomic mass is 19.3. The normalized spacial score (nSPS) is 21.0. The quantitative estimate of drug-likeness (QED) is 0.849. The molecule has 2 rings (SSSR count). The average Bonchev–Trinajstić information content (AvgIpc) is 2.45. The van der Waals surface area contributed by atoms with Crippen LogP contribution in [0.4, 0.5) is 22.4 Å². The summed E-state index contributed by atoms with van der Waals surface area (Å²) in [7, 11) is 0. The van der Waals surface area contributed by atoms with Gasteiger partial charge >= 0.3 is 12.7 Å². The highest BCUT2D eigenvalue weighted by Gasteiger charge is 2.30. The lowest BCUT2D eigenvalue weighted by molar-refractivity contribution is -0.0501. The van der Waals surface area contributed by atoms with Crippen molar-refractivity contribution in [3.63, 3.8) is 0 Å². The Morgan fingerprint density at radius 1 is 1.25 bits per heavy atom. The number of carbonyl (C=O) groups is 1. The minimum absolute atomic E-state index is 0.127. The maximum atomic E-state index is 13.8. The van der Waals surface area contributed by atoms with Gasteiger partial charge in [0.15, 0.2) is 0 Å². The van der Waals surface area contributed by atoms with Crippen molar-refractivity contribution in [3.8, 4) is 5.75 Å². The minimum atomic E-state index is -3.19. The zero-order valence-corrected chi connectivity index (χ0v) is 13.2. The van der Waals surface area contributed by atoms with Gasteiger partial charge in [0.25, 0.3) is 0 Å². The van der Waals surface area contributed by atoms with Gasteiger partial charge in [0, 0.05) is 37.3 Å². The van der Waals surface area contributed by atoms with Crippen molar-refractivity contribution in [3.05, 3.63) is 29.3 Å². The second-order valence-electron chi connectivity index (χ2n) is 5.56. The molecule has 0 aromatic heterocycles. The van der Waals surface area contributed by atoms with Gasteiger partial charge < -0.3 is 19.7 Å². The summed E-state index contributed by atoms with van der Waals surface area (Å²) in [6, 6.07) is 0.985. The van der Waals surface area contributed by atoms with E-state index in [0.717, 1.165) is 0 Å². The number of amides is 1. The van der Waals surface area contributed by atoms with Crippen LogP contribution in [-0.2, 0) is 11.3 Å². The Balaban J connectivity index is 2.04. The molecule has 0 unspecified atom stereocenters. The fraction of sp³-hybridized carbons (Fsp3) is 0.533. The number of alkyl halides is 2. The SMILES string of the molecule is C[C@@H]1CNC[C@H](C)N1C(=O)OCc1c(F)cc(OC(F)F)cc1F. The van der Waals surface area contributed by atoms with Gasteiger partial charge in [-0.05, 0) is 13.8 Å². The van der Waals surface area contributed by atoms with Crippen LogP contribution in [0.3, 0.4) is 0 Å². The standard InChI is InChI=1S/C15H18F4N2O3/c1-8-5-20-6-9(2)21(8)15(22)23-7-11-12(16)3-10(4-13(11)17)24-14(18)19/h3-4,8-9,14,20H,5-7H2,1-2H3/t8-,9+. The van der Waals surface area contributed by atoms with Crippen molar-refractivity contribution in [1.82, 2.24) is 10.2 Å². The lowest BCUT2D eigenvalue weighted by Gasteiger charge is -2.38. The zero-order chi connectivity index (χ0) is 17.9. The summed E-state index contributed by atoms with van der Waals surface area (Å²) in [5.41, 5.74) is -0.527. The van der Waals surface area contributed by atoms with Gasteiger partial charge in [0.1, 0.15) is 24.0 Å². The number of hydrogen-bond acceptors (Lipinski definition) is 4. The molecular formula is C15H18F4N2O3. The van der Waals surface area contributed by atoms with Crippen LogP contribution >= 0.6 is 0 Å². The highest BCUT2D eigenvalue weighted by molar-refractivity contribution is 5.68. The van der Waals surface area contributed by atoms with Gasteiger partial charge in [-0.25, -0.2) is 13.6 Å². The first-order chi connectivity index (χ1) is 11.3. The summed E-state index contributed by atoms with van der Waals surface area (Å²) in [6.45, 7) is 0.977. The Labute approximate surface area is 136 Å². The predicted molar refractivity (Wildman–Crippen MR) is 76.8 cm³/mol. The van der Waals surface area contributed by atoms with Crippen LogP contribution < -0.4 is 10.1 Å². The molecule has 0 bridgehead atoms. The molecule has 1 aliphatic rings. The molecule has 1 heterocycles. The number of halogens is 4. The first-order valence-electron chi connectivity index (χ1n) is 7.38. The summed E-state index contributed by atoms with van der Waals surface area (Å²) in [4.78, 5) is 13.6. The minimum Gasteiger partial charge on any atom is -0.444 e. The Hall–Kier alpha value is -2.03. The summed E-state index contributed by atoms with van der Waals surface area (Å²) in [5.74, 6) is -2.89. The number of nitrogens with one attached hydrogen (secondary N) is 1. The number of ether oxygens (including phenoxy) is 2. The predicted octanol–water partition coefficient (Wildman–Crippen LogP) is 2.89. The molecule has 0 radical (unpaired) electrons. The molecule has 1 saturated heterocycles. The Kier molecular flexibility index (Phi) is 5.87. The third kappa shape index (κ3) is 4.28. The molecule has 134 valence electrons. The van der Waals surface area contributed by atoms with Gasteiger partial charge in [-0.3, -0.25) is 0 Å². The van der Waals surface area contributed by atoms with Crippen molar-refractivity contribution in [1.29, 1.82) is 0 Å². The van der Waals surface area contributed by atoms with Crippen molar-refractivity contribution in [2.24, 2.45) is 0 Å². The van der Waals surface area contributed by atoms with E-state index in [1.165, 1.54) is 4.90 Å². The number of benzene rings is 1. The van der Waals surface area contributed by atoms with Crippen molar-refractivity contribution in [2.45, 2.75) is 39.1 Å². The molecule has 2 atom stereocenters. The molecule has 1 fully saturated rings. The second-order valence-corrected chi connectivity index (χ2v) is 5.56. The first-order valence-corrected chi connectivity index (χ1v) is 7.38. The van der Waals surface area contributed by atoms with Crippen molar-refractivity contribution in [2.75, 3.05) is 13.1 Å². The molecule has 24 heavy (non-hydrogen) atoms. The Morgan fingerprint density at radius 3 is 2.29 bits per heavy atom. The lowest BCUT2D eigenvalue weighted by Crippen LogP contribution is -2.57. The summed E-state index contributed by atoms with van der Waals surface area (Å²) in [5, 5.41) is 3.14. The first kappa shape index (κ1) is 18.3. The van der Waals surface area contributed by atoms with Crippen LogP contribution in [0, 0.1) is 11.6 Å². The number of rotatable bonds is 4. The largest absolute Gasteiger partial charge is 0.444 e. The van der Waals surface area contributed by atoms with Crippen LogP contribution in [0.2, 0.25) is 0 Å². The van der Waals surface area contributed by atoms with E-state index in [9.17, 15) is 22.4 Å². The molecule has 1 amide bonds. The highest BCUT2D eigenvalue weighted by Crippen LogP contribution is 2.23. The van der Waals surface area contributed by atoms with Crippen LogP contribution in [0.5, 0.6) is 5.75 Å². The summed E-state index contributed by atoms with van der Waals surface area (Å²) < 4.78 is 60.7. The number of hydrogen-bond donors (Lipinski definition) is 1. The Morgan fingerprint density at radius 2 is 1.79 bits per heavy atom. The van der Waals surface area contributed by atoms with Crippen LogP contribution in [0.15, 0.2) is 12.1 Å². The van der Waals surface area contributed by atoms with Gasteiger partial charge in [-0.1, -0.05) is 0 Å². The van der Waals surface area contributed by atoms with E-state index in [0.29, 0.717) is 25.2 Å². The third-order valence-electron chi connectivity index (χ3n) is 3.72. The molecule has 1 aromatic rings. The van der Waals surface area contributed by atoms with E-state index < -0.39 is 42.3 Å². The fourth-order valence-corrected chi connectivity index (χ4v) is 2.59. The van der Waals surface area contributed by atoms with Gasteiger partial charge in [-0.2, -0.15) is 8.78 Å². The Bertz CT molecular complexity index is 567. The number of carbonyl (C=O) groups excluding carboxylic acids is 1.